The lowest BCUT2D eigenvalue weighted by atomic mass is 10.0. The number of rotatable bonds is 2. The first-order chi connectivity index (χ1) is 7.15. The molecule has 2 aromatic rings. The molecule has 0 fully saturated rings. The lowest BCUT2D eigenvalue weighted by Gasteiger charge is -2.19. The maximum atomic E-state index is 6.29. The van der Waals surface area contributed by atoms with Gasteiger partial charge in [0, 0.05) is 0 Å². The van der Waals surface area contributed by atoms with Crippen LogP contribution in [0.25, 0.3) is 10.8 Å². The Balaban J connectivity index is 2.71. The van der Waals surface area contributed by atoms with Crippen LogP contribution in [0, 0.1) is 0 Å². The van der Waals surface area contributed by atoms with E-state index >= 15 is 0 Å². The molecule has 2 heteroatoms. The number of fused-ring (bicyclic) bond motifs is 1. The van der Waals surface area contributed by atoms with Crippen LogP contribution in [0.5, 0.6) is 0 Å². The van der Waals surface area contributed by atoms with Gasteiger partial charge < -0.3 is 0 Å². The Morgan fingerprint density at radius 1 is 1.00 bits per heavy atom. The second-order valence-corrected chi connectivity index (χ2v) is 5.07. The van der Waals surface area contributed by atoms with Crippen molar-refractivity contribution in [2.24, 2.45) is 0 Å². The average molecular weight is 239 g/mol. The van der Waals surface area contributed by atoms with Crippen molar-refractivity contribution < 1.29 is 0 Å². The lowest BCUT2D eigenvalue weighted by molar-refractivity contribution is 0.812. The van der Waals surface area contributed by atoms with Crippen LogP contribution in [-0.4, -0.2) is 0 Å². The molecule has 0 atom stereocenters. The Kier molecular flexibility index (Phi) is 2.90. The van der Waals surface area contributed by atoms with Crippen LogP contribution in [-0.2, 0) is 4.33 Å². The van der Waals surface area contributed by atoms with Gasteiger partial charge in [0.2, 0.25) is 0 Å². The van der Waals surface area contributed by atoms with Gasteiger partial charge in [-0.15, -0.1) is 0 Å². The zero-order chi connectivity index (χ0) is 10.9. The maximum Gasteiger partial charge on any atom is 0.143 e. The van der Waals surface area contributed by atoms with Gasteiger partial charge in [-0.05, 0) is 22.8 Å². The predicted molar refractivity (Wildman–Crippen MR) is 67.6 cm³/mol. The van der Waals surface area contributed by atoms with Crippen LogP contribution in [0.1, 0.15) is 18.9 Å². The Bertz CT molecular complexity index is 469. The maximum absolute atomic E-state index is 6.29. The van der Waals surface area contributed by atoms with Crippen LogP contribution in [0.2, 0.25) is 0 Å². The standard InChI is InChI=1S/C13H12Cl2/c1-2-13(14,15)12-9-5-7-10-6-3-4-8-11(10)12/h3-9H,2H2,1H3. The summed E-state index contributed by atoms with van der Waals surface area (Å²) in [6, 6.07) is 14.2. The van der Waals surface area contributed by atoms with E-state index in [-0.39, 0.29) is 0 Å². The summed E-state index contributed by atoms with van der Waals surface area (Å²) in [5.74, 6) is 0. The molecule has 0 spiro atoms. The Labute approximate surface area is 99.8 Å². The Morgan fingerprint density at radius 3 is 2.40 bits per heavy atom. The average Bonchev–Trinajstić information content (AvgIpc) is 2.28. The minimum absolute atomic E-state index is 0.699. The smallest absolute Gasteiger partial charge is 0.0963 e. The third-order valence-corrected chi connectivity index (χ3v) is 3.57. The summed E-state index contributed by atoms with van der Waals surface area (Å²) in [4.78, 5) is 0. The quantitative estimate of drug-likeness (QED) is 0.655. The van der Waals surface area contributed by atoms with Crippen molar-refractivity contribution in [2.45, 2.75) is 17.7 Å². The number of halogens is 2. The SMILES string of the molecule is CCC(Cl)(Cl)c1cccc2ccccc12. The van der Waals surface area contributed by atoms with Crippen molar-refractivity contribution in [2.75, 3.05) is 0 Å². The van der Waals surface area contributed by atoms with E-state index in [0.29, 0.717) is 6.42 Å². The zero-order valence-corrected chi connectivity index (χ0v) is 10.0. The predicted octanol–water partition coefficient (Wildman–Crippen LogP) is 4.88. The highest BCUT2D eigenvalue weighted by Crippen LogP contribution is 2.40. The Morgan fingerprint density at radius 2 is 1.67 bits per heavy atom. The van der Waals surface area contributed by atoms with E-state index in [2.05, 4.69) is 18.2 Å². The summed E-state index contributed by atoms with van der Waals surface area (Å²) in [5, 5.41) is 2.31. The van der Waals surface area contributed by atoms with Gasteiger partial charge in [-0.2, -0.15) is 0 Å². The molecule has 0 nitrogen and oxygen atoms in total. The molecule has 0 bridgehead atoms. The minimum Gasteiger partial charge on any atom is -0.0963 e. The summed E-state index contributed by atoms with van der Waals surface area (Å²) in [7, 11) is 0. The van der Waals surface area contributed by atoms with Gasteiger partial charge in [0.1, 0.15) is 4.33 Å². The van der Waals surface area contributed by atoms with E-state index in [0.717, 1.165) is 10.9 Å². The molecule has 0 unspecified atom stereocenters. The number of hydrogen-bond acceptors (Lipinski definition) is 0. The van der Waals surface area contributed by atoms with Gasteiger partial charge in [-0.1, -0.05) is 72.6 Å². The highest BCUT2D eigenvalue weighted by atomic mass is 35.5. The first-order valence-corrected chi connectivity index (χ1v) is 5.77. The molecule has 0 aliphatic heterocycles. The van der Waals surface area contributed by atoms with Crippen molar-refractivity contribution in [3.63, 3.8) is 0 Å². The molecule has 0 amide bonds. The van der Waals surface area contributed by atoms with Gasteiger partial charge in [-0.3, -0.25) is 0 Å². The second kappa shape index (κ2) is 4.03. The van der Waals surface area contributed by atoms with Gasteiger partial charge in [0.05, 0.1) is 0 Å². The first kappa shape index (κ1) is 10.8. The lowest BCUT2D eigenvalue weighted by Crippen LogP contribution is -2.08. The summed E-state index contributed by atoms with van der Waals surface area (Å²) >= 11 is 12.6. The fourth-order valence-corrected chi connectivity index (χ4v) is 2.06. The van der Waals surface area contributed by atoms with Crippen LogP contribution >= 0.6 is 23.2 Å². The molecule has 0 radical (unpaired) electrons. The fourth-order valence-electron chi connectivity index (χ4n) is 1.73. The summed E-state index contributed by atoms with van der Waals surface area (Å²) in [6.07, 6.45) is 0.699. The van der Waals surface area contributed by atoms with E-state index in [4.69, 9.17) is 23.2 Å². The number of alkyl halides is 2. The highest BCUT2D eigenvalue weighted by molar-refractivity contribution is 6.48. The topological polar surface area (TPSA) is 0 Å². The summed E-state index contributed by atoms with van der Waals surface area (Å²) in [5.41, 5.74) is 0.992. The molecule has 15 heavy (non-hydrogen) atoms. The molecule has 0 saturated carbocycles. The van der Waals surface area contributed by atoms with E-state index in [1.807, 2.05) is 31.2 Å². The number of benzene rings is 2. The third-order valence-electron chi connectivity index (χ3n) is 2.63. The molecule has 0 saturated heterocycles. The van der Waals surface area contributed by atoms with Gasteiger partial charge in [0.25, 0.3) is 0 Å². The molecule has 0 aliphatic rings. The first-order valence-electron chi connectivity index (χ1n) is 5.01. The molecular weight excluding hydrogens is 227 g/mol. The summed E-state index contributed by atoms with van der Waals surface area (Å²) < 4.78 is -0.791. The third kappa shape index (κ3) is 1.97. The zero-order valence-electron chi connectivity index (χ0n) is 8.50. The normalized spacial score (nSPS) is 11.9. The highest BCUT2D eigenvalue weighted by Gasteiger charge is 2.25. The molecular formula is C13H12Cl2. The van der Waals surface area contributed by atoms with Crippen molar-refractivity contribution in [1.29, 1.82) is 0 Å². The monoisotopic (exact) mass is 238 g/mol. The van der Waals surface area contributed by atoms with E-state index in [9.17, 15) is 0 Å². The van der Waals surface area contributed by atoms with Crippen LogP contribution in [0.4, 0.5) is 0 Å². The Hall–Kier alpha value is -0.720. The van der Waals surface area contributed by atoms with Crippen molar-refractivity contribution in [3.05, 3.63) is 48.0 Å². The molecule has 2 rings (SSSR count). The molecule has 0 aliphatic carbocycles. The van der Waals surface area contributed by atoms with Crippen LogP contribution < -0.4 is 0 Å². The fraction of sp³-hybridized carbons (Fsp3) is 0.231. The number of hydrogen-bond donors (Lipinski definition) is 0. The van der Waals surface area contributed by atoms with Crippen molar-refractivity contribution in [1.82, 2.24) is 0 Å². The van der Waals surface area contributed by atoms with E-state index in [1.165, 1.54) is 5.39 Å². The summed E-state index contributed by atoms with van der Waals surface area (Å²) in [6.45, 7) is 1.99. The minimum atomic E-state index is -0.791. The molecule has 0 heterocycles. The molecule has 2 aromatic carbocycles. The van der Waals surface area contributed by atoms with E-state index < -0.39 is 4.33 Å². The van der Waals surface area contributed by atoms with E-state index in [1.54, 1.807) is 0 Å². The second-order valence-electron chi connectivity index (χ2n) is 3.58. The van der Waals surface area contributed by atoms with Crippen LogP contribution in [0.3, 0.4) is 0 Å². The molecule has 0 aromatic heterocycles. The van der Waals surface area contributed by atoms with Gasteiger partial charge >= 0.3 is 0 Å². The van der Waals surface area contributed by atoms with Crippen molar-refractivity contribution >= 4 is 34.0 Å². The van der Waals surface area contributed by atoms with Gasteiger partial charge in [0.15, 0.2) is 0 Å². The van der Waals surface area contributed by atoms with Crippen molar-refractivity contribution in [3.8, 4) is 0 Å². The largest absolute Gasteiger partial charge is 0.143 e. The van der Waals surface area contributed by atoms with Gasteiger partial charge in [-0.25, -0.2) is 0 Å². The molecule has 0 N–H and O–H groups in total. The molecule has 78 valence electrons. The van der Waals surface area contributed by atoms with Crippen LogP contribution in [0.15, 0.2) is 42.5 Å².